The summed E-state index contributed by atoms with van der Waals surface area (Å²) in [5.41, 5.74) is 0. The first-order valence-corrected chi connectivity index (χ1v) is 8.00. The summed E-state index contributed by atoms with van der Waals surface area (Å²) in [6, 6.07) is 7.22. The number of rotatable bonds is 6. The fourth-order valence-electron chi connectivity index (χ4n) is 2.74. The van der Waals surface area contributed by atoms with Crippen LogP contribution in [0.5, 0.6) is 5.75 Å². The Hall–Kier alpha value is -1.26. The number of benzene rings is 1. The second-order valence-electron chi connectivity index (χ2n) is 5.78. The largest absolute Gasteiger partial charge is 0.492 e. The summed E-state index contributed by atoms with van der Waals surface area (Å²) >= 11 is 5.80. The van der Waals surface area contributed by atoms with E-state index >= 15 is 0 Å². The zero-order valence-corrected chi connectivity index (χ0v) is 13.3. The van der Waals surface area contributed by atoms with Crippen molar-refractivity contribution in [3.63, 3.8) is 0 Å². The molecule has 1 saturated heterocycles. The maximum absolute atomic E-state index is 11.9. The first-order chi connectivity index (χ1) is 10.1. The van der Waals surface area contributed by atoms with E-state index in [9.17, 15) is 4.79 Å². The van der Waals surface area contributed by atoms with Gasteiger partial charge in [0, 0.05) is 10.9 Å². The number of likely N-dealkylation sites (tertiary alicyclic amines) is 1. The number of nitrogens with one attached hydrogen (secondary N) is 2. The van der Waals surface area contributed by atoms with Gasteiger partial charge >= 0.3 is 0 Å². The molecule has 0 saturated carbocycles. The second kappa shape index (κ2) is 8.25. The van der Waals surface area contributed by atoms with E-state index in [1.54, 1.807) is 12.1 Å². The molecule has 0 spiro atoms. The van der Waals surface area contributed by atoms with Crippen molar-refractivity contribution in [3.8, 4) is 5.75 Å². The molecular weight excluding hydrogens is 288 g/mol. The minimum absolute atomic E-state index is 0.110. The summed E-state index contributed by atoms with van der Waals surface area (Å²) in [6.07, 6.45) is 2.52. The van der Waals surface area contributed by atoms with E-state index < -0.39 is 0 Å². The third kappa shape index (κ3) is 5.94. The predicted octanol–water partition coefficient (Wildman–Crippen LogP) is 1.15. The number of halogens is 1. The number of hydrogen-bond acceptors (Lipinski definition) is 2. The summed E-state index contributed by atoms with van der Waals surface area (Å²) < 4.78 is 5.54. The standard InChI is InChI=1S/C16H23ClN2O2/c1-13-3-2-9-19(11-13)12-16(20)18-8-10-21-15-6-4-14(17)5-7-15/h4-7,13H,2-3,8-12H2,1H3,(H,18,20)/p+1/t13-/m1/s1. The molecule has 2 atom stereocenters. The Kier molecular flexibility index (Phi) is 6.33. The smallest absolute Gasteiger partial charge is 0.275 e. The van der Waals surface area contributed by atoms with Crippen LogP contribution in [-0.4, -0.2) is 38.7 Å². The molecule has 2 N–H and O–H groups in total. The number of carbonyl (C=O) groups is 1. The fourth-order valence-corrected chi connectivity index (χ4v) is 2.86. The van der Waals surface area contributed by atoms with Crippen LogP contribution in [0.15, 0.2) is 24.3 Å². The molecule has 21 heavy (non-hydrogen) atoms. The molecule has 5 heteroatoms. The van der Waals surface area contributed by atoms with Crippen LogP contribution in [0.1, 0.15) is 19.8 Å². The van der Waals surface area contributed by atoms with Crippen LogP contribution >= 0.6 is 11.6 Å². The Labute approximate surface area is 131 Å². The molecule has 0 bridgehead atoms. The number of ether oxygens (including phenoxy) is 1. The van der Waals surface area contributed by atoms with Gasteiger partial charge in [0.2, 0.25) is 0 Å². The van der Waals surface area contributed by atoms with E-state index in [-0.39, 0.29) is 5.91 Å². The van der Waals surface area contributed by atoms with Crippen molar-refractivity contribution in [1.29, 1.82) is 0 Å². The molecule has 1 heterocycles. The fraction of sp³-hybridized carbons (Fsp3) is 0.562. The quantitative estimate of drug-likeness (QED) is 0.774. The van der Waals surface area contributed by atoms with E-state index in [0.717, 1.165) is 24.8 Å². The normalized spacial score (nSPS) is 21.8. The van der Waals surface area contributed by atoms with Crippen molar-refractivity contribution in [3.05, 3.63) is 29.3 Å². The zero-order valence-electron chi connectivity index (χ0n) is 12.5. The van der Waals surface area contributed by atoms with E-state index in [1.165, 1.54) is 17.7 Å². The molecule has 1 aromatic carbocycles. The lowest BCUT2D eigenvalue weighted by Gasteiger charge is -2.27. The number of quaternary nitrogens is 1. The molecule has 116 valence electrons. The summed E-state index contributed by atoms with van der Waals surface area (Å²) in [4.78, 5) is 13.3. The average molecular weight is 312 g/mol. The molecule has 0 aliphatic carbocycles. The second-order valence-corrected chi connectivity index (χ2v) is 6.22. The van der Waals surface area contributed by atoms with Gasteiger partial charge in [-0.05, 0) is 37.1 Å². The lowest BCUT2D eigenvalue weighted by molar-refractivity contribution is -0.900. The first kappa shape index (κ1) is 16.1. The van der Waals surface area contributed by atoms with Crippen molar-refractivity contribution < 1.29 is 14.4 Å². The average Bonchev–Trinajstić information content (AvgIpc) is 2.45. The van der Waals surface area contributed by atoms with Gasteiger partial charge in [-0.2, -0.15) is 0 Å². The molecular formula is C16H24ClN2O2+. The van der Waals surface area contributed by atoms with Gasteiger partial charge in [0.05, 0.1) is 19.6 Å². The van der Waals surface area contributed by atoms with Gasteiger partial charge in [-0.15, -0.1) is 0 Å². The number of amides is 1. The highest BCUT2D eigenvalue weighted by Gasteiger charge is 2.21. The molecule has 2 rings (SSSR count). The topological polar surface area (TPSA) is 42.8 Å². The number of hydrogen-bond donors (Lipinski definition) is 2. The van der Waals surface area contributed by atoms with Crippen molar-refractivity contribution in [1.82, 2.24) is 5.32 Å². The maximum atomic E-state index is 11.9. The number of carbonyl (C=O) groups excluding carboxylic acids is 1. The highest BCUT2D eigenvalue weighted by atomic mass is 35.5. The first-order valence-electron chi connectivity index (χ1n) is 7.62. The van der Waals surface area contributed by atoms with Gasteiger partial charge in [-0.1, -0.05) is 18.5 Å². The highest BCUT2D eigenvalue weighted by Crippen LogP contribution is 2.15. The Morgan fingerprint density at radius 2 is 2.19 bits per heavy atom. The van der Waals surface area contributed by atoms with Crippen LogP contribution in [0.25, 0.3) is 0 Å². The molecule has 0 aromatic heterocycles. The third-order valence-electron chi connectivity index (χ3n) is 3.78. The minimum atomic E-state index is 0.110. The molecule has 1 aromatic rings. The third-order valence-corrected chi connectivity index (χ3v) is 4.03. The van der Waals surface area contributed by atoms with Gasteiger partial charge in [-0.3, -0.25) is 4.79 Å². The van der Waals surface area contributed by atoms with Crippen molar-refractivity contribution in [2.45, 2.75) is 19.8 Å². The Morgan fingerprint density at radius 1 is 1.43 bits per heavy atom. The molecule has 1 amide bonds. The minimum Gasteiger partial charge on any atom is -0.492 e. The molecule has 1 fully saturated rings. The van der Waals surface area contributed by atoms with Crippen molar-refractivity contribution in [2.75, 3.05) is 32.8 Å². The SMILES string of the molecule is C[C@@H]1CCC[NH+](CC(=O)NCCOc2ccc(Cl)cc2)C1. The summed E-state index contributed by atoms with van der Waals surface area (Å²) in [5.74, 6) is 1.61. The van der Waals surface area contributed by atoms with Gasteiger partial charge in [0.15, 0.2) is 6.54 Å². The Bertz CT molecular complexity index is 450. The lowest BCUT2D eigenvalue weighted by atomic mass is 10.0. The maximum Gasteiger partial charge on any atom is 0.275 e. The monoisotopic (exact) mass is 311 g/mol. The molecule has 0 radical (unpaired) electrons. The van der Waals surface area contributed by atoms with Gasteiger partial charge in [-0.25, -0.2) is 0 Å². The van der Waals surface area contributed by atoms with E-state index in [0.29, 0.717) is 24.7 Å². The van der Waals surface area contributed by atoms with Crippen LogP contribution in [0.4, 0.5) is 0 Å². The predicted molar refractivity (Wildman–Crippen MR) is 83.9 cm³/mol. The van der Waals surface area contributed by atoms with E-state index in [2.05, 4.69) is 12.2 Å². The van der Waals surface area contributed by atoms with Crippen LogP contribution in [0.3, 0.4) is 0 Å². The lowest BCUT2D eigenvalue weighted by Crippen LogP contribution is -3.14. The zero-order chi connectivity index (χ0) is 15.1. The van der Waals surface area contributed by atoms with Crippen LogP contribution in [-0.2, 0) is 4.79 Å². The van der Waals surface area contributed by atoms with Crippen LogP contribution in [0.2, 0.25) is 5.02 Å². The van der Waals surface area contributed by atoms with E-state index in [1.807, 2.05) is 12.1 Å². The van der Waals surface area contributed by atoms with Gasteiger partial charge in [0.1, 0.15) is 12.4 Å². The van der Waals surface area contributed by atoms with Crippen molar-refractivity contribution in [2.24, 2.45) is 5.92 Å². The van der Waals surface area contributed by atoms with E-state index in [4.69, 9.17) is 16.3 Å². The molecule has 4 nitrogen and oxygen atoms in total. The molecule has 1 aliphatic heterocycles. The summed E-state index contributed by atoms with van der Waals surface area (Å²) in [7, 11) is 0. The highest BCUT2D eigenvalue weighted by molar-refractivity contribution is 6.30. The van der Waals surface area contributed by atoms with Crippen LogP contribution in [0, 0.1) is 5.92 Å². The van der Waals surface area contributed by atoms with Crippen molar-refractivity contribution >= 4 is 17.5 Å². The summed E-state index contributed by atoms with van der Waals surface area (Å²) in [6.45, 7) is 6.05. The Morgan fingerprint density at radius 3 is 2.90 bits per heavy atom. The summed E-state index contributed by atoms with van der Waals surface area (Å²) in [5, 5.41) is 3.60. The number of piperidine rings is 1. The van der Waals surface area contributed by atoms with Crippen LogP contribution < -0.4 is 15.0 Å². The molecule has 1 aliphatic rings. The van der Waals surface area contributed by atoms with Gasteiger partial charge in [0.25, 0.3) is 5.91 Å². The van der Waals surface area contributed by atoms with Gasteiger partial charge < -0.3 is 15.0 Å². The molecule has 1 unspecified atom stereocenters. The Balaban J connectivity index is 1.59.